The highest BCUT2D eigenvalue weighted by Gasteiger charge is 2.10. The maximum Gasteiger partial charge on any atom is 0.333 e. The smallest absolute Gasteiger partial charge is 0.333 e. The molecule has 3 rings (SSSR count). The number of halogens is 1. The molecule has 0 aliphatic carbocycles. The van der Waals surface area contributed by atoms with Gasteiger partial charge in [0, 0.05) is 0 Å². The third-order valence-electron chi connectivity index (χ3n) is 5.03. The molecule has 0 spiro atoms. The van der Waals surface area contributed by atoms with Gasteiger partial charge >= 0.3 is 5.97 Å². The fourth-order valence-electron chi connectivity index (χ4n) is 3.30. The molecule has 3 nitrogen and oxygen atoms in total. The second-order valence-electron chi connectivity index (χ2n) is 7.02. The van der Waals surface area contributed by atoms with Crippen LogP contribution >= 0.6 is 0 Å². The minimum atomic E-state index is -0.445. The zero-order chi connectivity index (χ0) is 21.3. The van der Waals surface area contributed by atoms with Crippen molar-refractivity contribution in [3.8, 4) is 11.1 Å². The quantitative estimate of drug-likeness (QED) is 0.271. The van der Waals surface area contributed by atoms with Crippen LogP contribution in [0.15, 0.2) is 79.1 Å². The summed E-state index contributed by atoms with van der Waals surface area (Å²) in [6, 6.07) is 21.6. The Hall–Kier alpha value is -3.40. The maximum absolute atomic E-state index is 14.0. The summed E-state index contributed by atoms with van der Waals surface area (Å²) in [4.78, 5) is 11.0. The number of methoxy groups -OCH3 is 1. The second-order valence-corrected chi connectivity index (χ2v) is 7.02. The lowest BCUT2D eigenvalue weighted by molar-refractivity contribution is -0.135. The predicted molar refractivity (Wildman–Crippen MR) is 116 cm³/mol. The molecular weight excluding hydrogens is 379 g/mol. The van der Waals surface area contributed by atoms with Crippen LogP contribution in [0.3, 0.4) is 0 Å². The van der Waals surface area contributed by atoms with Gasteiger partial charge in [0.05, 0.1) is 19.4 Å². The van der Waals surface area contributed by atoms with Gasteiger partial charge < -0.3 is 9.47 Å². The summed E-state index contributed by atoms with van der Waals surface area (Å²) < 4.78 is 23.9. The Labute approximate surface area is 176 Å². The molecule has 3 aromatic rings. The number of hydrogen-bond donors (Lipinski definition) is 0. The van der Waals surface area contributed by atoms with E-state index in [1.165, 1.54) is 36.6 Å². The van der Waals surface area contributed by atoms with Gasteiger partial charge in [-0.3, -0.25) is 0 Å². The van der Waals surface area contributed by atoms with Gasteiger partial charge in [0.25, 0.3) is 0 Å². The highest BCUT2D eigenvalue weighted by molar-refractivity contribution is 5.81. The second kappa shape index (κ2) is 10.4. The molecule has 0 heterocycles. The van der Waals surface area contributed by atoms with E-state index in [0.29, 0.717) is 12.2 Å². The van der Waals surface area contributed by atoms with Crippen LogP contribution in [-0.4, -0.2) is 13.1 Å². The van der Waals surface area contributed by atoms with E-state index in [0.717, 1.165) is 29.5 Å². The minimum Gasteiger partial charge on any atom is -0.496 e. The number of esters is 1. The average molecular weight is 404 g/mol. The van der Waals surface area contributed by atoms with Gasteiger partial charge in [0.2, 0.25) is 0 Å². The number of ether oxygens (including phenoxy) is 2. The van der Waals surface area contributed by atoms with Gasteiger partial charge in [-0.05, 0) is 59.2 Å². The molecule has 0 amide bonds. The largest absolute Gasteiger partial charge is 0.496 e. The predicted octanol–water partition coefficient (Wildman–Crippen LogP) is 5.79. The van der Waals surface area contributed by atoms with Crippen molar-refractivity contribution >= 4 is 5.97 Å². The number of rotatable bonds is 8. The van der Waals surface area contributed by atoms with Crippen molar-refractivity contribution in [3.05, 3.63) is 107 Å². The van der Waals surface area contributed by atoms with Crippen molar-refractivity contribution in [2.24, 2.45) is 0 Å². The van der Waals surface area contributed by atoms with E-state index in [-0.39, 0.29) is 5.82 Å². The molecule has 0 atom stereocenters. The summed E-state index contributed by atoms with van der Waals surface area (Å²) >= 11 is 0. The van der Waals surface area contributed by atoms with E-state index in [1.54, 1.807) is 6.07 Å². The van der Waals surface area contributed by atoms with Crippen LogP contribution in [0, 0.1) is 12.7 Å². The Kier molecular flexibility index (Phi) is 7.39. The molecule has 0 N–H and O–H groups in total. The summed E-state index contributed by atoms with van der Waals surface area (Å²) in [6.45, 7) is 2.21. The Bertz CT molecular complexity index is 1020. The van der Waals surface area contributed by atoms with Gasteiger partial charge in [-0.2, -0.15) is 0 Å². The number of carbonyl (C=O) groups excluding carboxylic acids is 1. The van der Waals surface area contributed by atoms with Crippen LogP contribution in [0.2, 0.25) is 0 Å². The topological polar surface area (TPSA) is 35.5 Å². The first-order valence-electron chi connectivity index (χ1n) is 9.86. The lowest BCUT2D eigenvalue weighted by Gasteiger charge is -2.13. The number of aryl methyl sites for hydroxylation is 2. The third-order valence-corrected chi connectivity index (χ3v) is 5.03. The normalized spacial score (nSPS) is 10.9. The summed E-state index contributed by atoms with van der Waals surface area (Å²) in [5, 5.41) is 0. The lowest BCUT2D eigenvalue weighted by Crippen LogP contribution is -1.97. The van der Waals surface area contributed by atoms with Crippen molar-refractivity contribution in [2.45, 2.75) is 26.4 Å². The first-order chi connectivity index (χ1) is 14.6. The van der Waals surface area contributed by atoms with Gasteiger partial charge in [0.1, 0.15) is 12.4 Å². The van der Waals surface area contributed by atoms with Crippen LogP contribution in [0.1, 0.15) is 22.3 Å². The molecule has 0 aromatic heterocycles. The van der Waals surface area contributed by atoms with Gasteiger partial charge in [-0.1, -0.05) is 60.7 Å². The SMILES string of the molecule is COC(=O)/C=C/OCc1ccc(CCc2ccccc2-c2cccc(F)c2C)cc1. The Morgan fingerprint density at radius 2 is 1.60 bits per heavy atom. The van der Waals surface area contributed by atoms with E-state index in [9.17, 15) is 9.18 Å². The van der Waals surface area contributed by atoms with Crippen LogP contribution in [-0.2, 0) is 33.7 Å². The monoisotopic (exact) mass is 404 g/mol. The Balaban J connectivity index is 1.63. The molecule has 3 aromatic carbocycles. The van der Waals surface area contributed by atoms with E-state index >= 15 is 0 Å². The Morgan fingerprint density at radius 3 is 2.37 bits per heavy atom. The molecule has 4 heteroatoms. The molecular formula is C26H25FO3. The first kappa shape index (κ1) is 21.3. The Morgan fingerprint density at radius 1 is 0.900 bits per heavy atom. The van der Waals surface area contributed by atoms with Gasteiger partial charge in [-0.25, -0.2) is 9.18 Å². The van der Waals surface area contributed by atoms with Gasteiger partial charge in [0.15, 0.2) is 0 Å². The molecule has 0 saturated carbocycles. The zero-order valence-corrected chi connectivity index (χ0v) is 17.2. The fourth-order valence-corrected chi connectivity index (χ4v) is 3.30. The lowest BCUT2D eigenvalue weighted by atomic mass is 9.92. The first-order valence-corrected chi connectivity index (χ1v) is 9.86. The summed E-state index contributed by atoms with van der Waals surface area (Å²) in [6.07, 6.45) is 4.33. The summed E-state index contributed by atoms with van der Waals surface area (Å²) in [7, 11) is 1.32. The zero-order valence-electron chi connectivity index (χ0n) is 17.2. The highest BCUT2D eigenvalue weighted by Crippen LogP contribution is 2.29. The molecule has 0 saturated heterocycles. The van der Waals surface area contributed by atoms with Crippen molar-refractivity contribution in [2.75, 3.05) is 7.11 Å². The van der Waals surface area contributed by atoms with Crippen LogP contribution in [0.4, 0.5) is 4.39 Å². The minimum absolute atomic E-state index is 0.179. The average Bonchev–Trinajstić information content (AvgIpc) is 2.78. The van der Waals surface area contributed by atoms with E-state index in [2.05, 4.69) is 29.0 Å². The number of carbonyl (C=O) groups is 1. The highest BCUT2D eigenvalue weighted by atomic mass is 19.1. The molecule has 154 valence electrons. The fraction of sp³-hybridized carbons (Fsp3) is 0.192. The number of benzene rings is 3. The maximum atomic E-state index is 14.0. The third kappa shape index (κ3) is 5.57. The standard InChI is InChI=1S/C26H25FO3/c1-19-23(8-5-9-25(19)27)24-7-4-3-6-22(24)15-14-20-10-12-21(13-11-20)18-30-17-16-26(28)29-2/h3-13,16-17H,14-15,18H2,1-2H3/b17-16+. The van der Waals surface area contributed by atoms with Crippen molar-refractivity contribution in [1.82, 2.24) is 0 Å². The molecule has 0 fully saturated rings. The molecule has 30 heavy (non-hydrogen) atoms. The van der Waals surface area contributed by atoms with Crippen molar-refractivity contribution in [1.29, 1.82) is 0 Å². The number of hydrogen-bond acceptors (Lipinski definition) is 3. The molecule has 0 unspecified atom stereocenters. The van der Waals surface area contributed by atoms with E-state index in [4.69, 9.17) is 4.74 Å². The van der Waals surface area contributed by atoms with Crippen LogP contribution in [0.5, 0.6) is 0 Å². The van der Waals surface area contributed by atoms with Crippen LogP contribution < -0.4 is 0 Å². The van der Waals surface area contributed by atoms with Crippen molar-refractivity contribution < 1.29 is 18.7 Å². The van der Waals surface area contributed by atoms with E-state index in [1.807, 2.05) is 37.3 Å². The summed E-state index contributed by atoms with van der Waals surface area (Å²) in [5.74, 6) is -0.624. The molecule has 0 bridgehead atoms. The van der Waals surface area contributed by atoms with E-state index < -0.39 is 5.97 Å². The van der Waals surface area contributed by atoms with Crippen LogP contribution in [0.25, 0.3) is 11.1 Å². The summed E-state index contributed by atoms with van der Waals surface area (Å²) in [5.41, 5.74) is 6.14. The molecule has 0 aliphatic heterocycles. The molecule has 0 radical (unpaired) electrons. The van der Waals surface area contributed by atoms with Gasteiger partial charge in [-0.15, -0.1) is 0 Å². The van der Waals surface area contributed by atoms with Crippen molar-refractivity contribution in [3.63, 3.8) is 0 Å². The molecule has 0 aliphatic rings.